The van der Waals surface area contributed by atoms with Crippen LogP contribution in [0, 0.1) is 0 Å². The van der Waals surface area contributed by atoms with Crippen LogP contribution in [0.2, 0.25) is 0 Å². The van der Waals surface area contributed by atoms with Gasteiger partial charge >= 0.3 is 0 Å². The fraction of sp³-hybridized carbons (Fsp3) is 0.533. The van der Waals surface area contributed by atoms with E-state index in [0.717, 1.165) is 18.1 Å². The van der Waals surface area contributed by atoms with Crippen LogP contribution >= 0.6 is 23.5 Å². The van der Waals surface area contributed by atoms with Crippen LogP contribution in [0.4, 0.5) is 0 Å². The van der Waals surface area contributed by atoms with E-state index in [1.807, 2.05) is 30.0 Å². The average Bonchev–Trinajstić information content (AvgIpc) is 2.35. The van der Waals surface area contributed by atoms with E-state index < -0.39 is 0 Å². The number of benzene rings is 1. The van der Waals surface area contributed by atoms with E-state index >= 15 is 0 Å². The molecule has 4 heteroatoms. The third kappa shape index (κ3) is 9.00. The van der Waals surface area contributed by atoms with Gasteiger partial charge in [0.1, 0.15) is 0 Å². The molecule has 0 fully saturated rings. The number of carbonyl (C=O) groups is 1. The minimum Gasteiger partial charge on any atom is -0.355 e. The van der Waals surface area contributed by atoms with E-state index in [-0.39, 0.29) is 10.7 Å². The molecule has 0 aliphatic carbocycles. The number of nitrogens with one attached hydrogen (secondary N) is 1. The van der Waals surface area contributed by atoms with Gasteiger partial charge in [0.2, 0.25) is 5.91 Å². The van der Waals surface area contributed by atoms with Crippen molar-refractivity contribution in [2.75, 3.05) is 18.1 Å². The average molecular weight is 297 g/mol. The highest BCUT2D eigenvalue weighted by atomic mass is 32.2. The molecule has 2 nitrogen and oxygen atoms in total. The molecule has 0 heterocycles. The summed E-state index contributed by atoms with van der Waals surface area (Å²) in [7, 11) is 0. The molecule has 1 aromatic carbocycles. The second-order valence-electron chi connectivity index (χ2n) is 5.22. The zero-order chi connectivity index (χ0) is 14.1. The Bertz CT molecular complexity index is 373. The molecule has 1 aromatic rings. The van der Waals surface area contributed by atoms with Crippen LogP contribution in [0.25, 0.3) is 0 Å². The lowest BCUT2D eigenvalue weighted by Crippen LogP contribution is -2.27. The molecular formula is C15H23NOS2. The van der Waals surface area contributed by atoms with Crippen molar-refractivity contribution in [1.82, 2.24) is 5.32 Å². The van der Waals surface area contributed by atoms with Gasteiger partial charge in [0.15, 0.2) is 0 Å². The van der Waals surface area contributed by atoms with Crippen LogP contribution in [0.1, 0.15) is 27.2 Å². The van der Waals surface area contributed by atoms with Gasteiger partial charge in [0, 0.05) is 34.1 Å². The standard InChI is InChI=1S/C15H23NOS2/c1-15(2,3)19-12-10-16-14(17)9-11-18-13-7-5-4-6-8-13/h4-8H,9-12H2,1-3H3,(H,16,17). The Hall–Kier alpha value is -0.610. The van der Waals surface area contributed by atoms with Gasteiger partial charge in [-0.3, -0.25) is 4.79 Å². The Morgan fingerprint density at radius 2 is 1.84 bits per heavy atom. The van der Waals surface area contributed by atoms with Gasteiger partial charge < -0.3 is 5.32 Å². The zero-order valence-electron chi connectivity index (χ0n) is 11.9. The molecule has 1 N–H and O–H groups in total. The summed E-state index contributed by atoms with van der Waals surface area (Å²) in [6, 6.07) is 10.2. The Morgan fingerprint density at radius 3 is 2.47 bits per heavy atom. The Labute approximate surface area is 125 Å². The Kier molecular flexibility index (Phi) is 7.39. The van der Waals surface area contributed by atoms with Crippen molar-refractivity contribution >= 4 is 29.4 Å². The van der Waals surface area contributed by atoms with Crippen LogP contribution in [-0.4, -0.2) is 28.7 Å². The quantitative estimate of drug-likeness (QED) is 0.613. The smallest absolute Gasteiger partial charge is 0.220 e. The van der Waals surface area contributed by atoms with Crippen molar-refractivity contribution in [3.63, 3.8) is 0 Å². The maximum Gasteiger partial charge on any atom is 0.220 e. The van der Waals surface area contributed by atoms with Gasteiger partial charge in [0.25, 0.3) is 0 Å². The van der Waals surface area contributed by atoms with Crippen molar-refractivity contribution in [2.24, 2.45) is 0 Å². The van der Waals surface area contributed by atoms with Crippen molar-refractivity contribution in [3.8, 4) is 0 Å². The third-order valence-electron chi connectivity index (χ3n) is 2.30. The lowest BCUT2D eigenvalue weighted by Gasteiger charge is -2.17. The minimum absolute atomic E-state index is 0.151. The van der Waals surface area contributed by atoms with Crippen LogP contribution < -0.4 is 5.32 Å². The summed E-state index contributed by atoms with van der Waals surface area (Å²) in [6.07, 6.45) is 0.583. The first-order valence-corrected chi connectivity index (χ1v) is 8.53. The zero-order valence-corrected chi connectivity index (χ0v) is 13.6. The van der Waals surface area contributed by atoms with Gasteiger partial charge in [-0.15, -0.1) is 11.8 Å². The molecule has 0 spiro atoms. The van der Waals surface area contributed by atoms with E-state index in [0.29, 0.717) is 6.42 Å². The summed E-state index contributed by atoms with van der Waals surface area (Å²) in [6.45, 7) is 7.33. The monoisotopic (exact) mass is 297 g/mol. The summed E-state index contributed by atoms with van der Waals surface area (Å²) in [5.74, 6) is 1.96. The Morgan fingerprint density at radius 1 is 1.16 bits per heavy atom. The lowest BCUT2D eigenvalue weighted by atomic mass is 10.3. The predicted molar refractivity (Wildman–Crippen MR) is 87.0 cm³/mol. The SMILES string of the molecule is CC(C)(C)SCCNC(=O)CCSc1ccccc1. The fourth-order valence-electron chi connectivity index (χ4n) is 1.41. The molecule has 1 rings (SSSR count). The normalized spacial score (nSPS) is 11.3. The molecule has 0 aliphatic rings. The summed E-state index contributed by atoms with van der Waals surface area (Å²) < 4.78 is 0.272. The minimum atomic E-state index is 0.151. The van der Waals surface area contributed by atoms with Crippen molar-refractivity contribution < 1.29 is 4.79 Å². The molecule has 0 unspecified atom stereocenters. The van der Waals surface area contributed by atoms with E-state index in [2.05, 4.69) is 38.2 Å². The van der Waals surface area contributed by atoms with E-state index in [9.17, 15) is 4.79 Å². The maximum atomic E-state index is 11.6. The largest absolute Gasteiger partial charge is 0.355 e. The molecule has 0 atom stereocenters. The molecule has 0 bridgehead atoms. The number of hydrogen-bond donors (Lipinski definition) is 1. The molecule has 19 heavy (non-hydrogen) atoms. The van der Waals surface area contributed by atoms with Crippen LogP contribution in [-0.2, 0) is 4.79 Å². The lowest BCUT2D eigenvalue weighted by molar-refractivity contribution is -0.120. The second kappa shape index (κ2) is 8.54. The van der Waals surface area contributed by atoms with Gasteiger partial charge in [-0.1, -0.05) is 39.0 Å². The number of hydrogen-bond acceptors (Lipinski definition) is 3. The molecule has 0 aliphatic heterocycles. The summed E-state index contributed by atoms with van der Waals surface area (Å²) >= 11 is 3.60. The van der Waals surface area contributed by atoms with Gasteiger partial charge in [-0.05, 0) is 12.1 Å². The third-order valence-corrected chi connectivity index (χ3v) is 4.59. The first kappa shape index (κ1) is 16.4. The van der Waals surface area contributed by atoms with E-state index in [1.54, 1.807) is 11.8 Å². The van der Waals surface area contributed by atoms with Crippen molar-refractivity contribution in [3.05, 3.63) is 30.3 Å². The summed E-state index contributed by atoms with van der Waals surface area (Å²) in [5.41, 5.74) is 0. The fourth-order valence-corrected chi connectivity index (χ4v) is 3.10. The van der Waals surface area contributed by atoms with Crippen LogP contribution in [0.15, 0.2) is 35.2 Å². The maximum absolute atomic E-state index is 11.6. The first-order chi connectivity index (χ1) is 8.97. The van der Waals surface area contributed by atoms with Gasteiger partial charge in [0.05, 0.1) is 0 Å². The van der Waals surface area contributed by atoms with E-state index in [1.165, 1.54) is 4.90 Å². The molecule has 0 radical (unpaired) electrons. The Balaban J connectivity index is 2.05. The van der Waals surface area contributed by atoms with Gasteiger partial charge in [-0.25, -0.2) is 0 Å². The van der Waals surface area contributed by atoms with Gasteiger partial charge in [-0.2, -0.15) is 11.8 Å². The number of rotatable bonds is 7. The molecule has 0 saturated heterocycles. The van der Waals surface area contributed by atoms with Crippen molar-refractivity contribution in [2.45, 2.75) is 36.8 Å². The number of amides is 1. The molecule has 0 saturated carbocycles. The second-order valence-corrected chi connectivity index (χ2v) is 8.31. The number of carbonyl (C=O) groups excluding carboxylic acids is 1. The molecule has 106 valence electrons. The van der Waals surface area contributed by atoms with Crippen LogP contribution in [0.5, 0.6) is 0 Å². The highest BCUT2D eigenvalue weighted by Crippen LogP contribution is 2.22. The molecule has 1 amide bonds. The van der Waals surface area contributed by atoms with Crippen LogP contribution in [0.3, 0.4) is 0 Å². The van der Waals surface area contributed by atoms with Crippen molar-refractivity contribution in [1.29, 1.82) is 0 Å². The first-order valence-electron chi connectivity index (χ1n) is 6.56. The molecular weight excluding hydrogens is 274 g/mol. The summed E-state index contributed by atoms with van der Waals surface area (Å²) in [4.78, 5) is 12.8. The predicted octanol–water partition coefficient (Wildman–Crippen LogP) is 3.82. The number of thioether (sulfide) groups is 2. The molecule has 0 aromatic heterocycles. The topological polar surface area (TPSA) is 29.1 Å². The van der Waals surface area contributed by atoms with E-state index in [4.69, 9.17) is 0 Å². The summed E-state index contributed by atoms with van der Waals surface area (Å²) in [5, 5.41) is 2.97. The highest BCUT2D eigenvalue weighted by Gasteiger charge is 2.09. The highest BCUT2D eigenvalue weighted by molar-refractivity contribution is 8.00.